The van der Waals surface area contributed by atoms with Crippen LogP contribution in [-0.2, 0) is 0 Å². The Balaban J connectivity index is 1.54. The van der Waals surface area contributed by atoms with E-state index in [0.29, 0.717) is 18.0 Å². The molecule has 1 aliphatic rings. The van der Waals surface area contributed by atoms with Gasteiger partial charge in [0.25, 0.3) is 5.91 Å². The van der Waals surface area contributed by atoms with Gasteiger partial charge in [-0.15, -0.1) is 0 Å². The first-order valence-electron chi connectivity index (χ1n) is 9.53. The molecule has 1 aliphatic heterocycles. The Bertz CT molecular complexity index is 1020. The van der Waals surface area contributed by atoms with E-state index in [1.54, 1.807) is 24.4 Å². The van der Waals surface area contributed by atoms with E-state index < -0.39 is 5.91 Å². The quantitative estimate of drug-likeness (QED) is 0.715. The van der Waals surface area contributed by atoms with E-state index in [4.69, 9.17) is 10.5 Å². The van der Waals surface area contributed by atoms with Crippen LogP contribution in [0, 0.1) is 12.7 Å². The third-order valence-electron chi connectivity index (χ3n) is 5.10. The lowest BCUT2D eigenvalue weighted by atomic mass is 10.0. The van der Waals surface area contributed by atoms with E-state index in [1.807, 2.05) is 31.2 Å². The number of aromatic nitrogens is 1. The third kappa shape index (κ3) is 4.21. The van der Waals surface area contributed by atoms with Crippen molar-refractivity contribution in [2.45, 2.75) is 19.4 Å². The number of nitrogens with two attached hydrogens (primary N) is 1. The zero-order valence-electron chi connectivity index (χ0n) is 16.1. The molecule has 0 spiro atoms. The molecule has 0 unspecified atom stereocenters. The van der Waals surface area contributed by atoms with Crippen molar-refractivity contribution < 1.29 is 13.9 Å². The first-order chi connectivity index (χ1) is 14.0. The van der Waals surface area contributed by atoms with Crippen LogP contribution < -0.4 is 15.4 Å². The van der Waals surface area contributed by atoms with Crippen molar-refractivity contribution in [3.8, 4) is 17.0 Å². The smallest absolute Gasteiger partial charge is 0.250 e. The van der Waals surface area contributed by atoms with Crippen LogP contribution >= 0.6 is 0 Å². The molecule has 6 heteroatoms. The van der Waals surface area contributed by atoms with Crippen LogP contribution in [0.2, 0.25) is 0 Å². The molecule has 1 atom stereocenters. The van der Waals surface area contributed by atoms with Crippen LogP contribution in [0.25, 0.3) is 11.1 Å². The number of amides is 1. The normalized spacial score (nSPS) is 16.1. The number of primary amides is 1. The first-order valence-corrected chi connectivity index (χ1v) is 9.53. The maximum Gasteiger partial charge on any atom is 0.250 e. The van der Waals surface area contributed by atoms with Crippen molar-refractivity contribution in [2.75, 3.05) is 18.0 Å². The van der Waals surface area contributed by atoms with Gasteiger partial charge in [-0.2, -0.15) is 0 Å². The Morgan fingerprint density at radius 1 is 1.14 bits per heavy atom. The molecule has 0 saturated carbocycles. The number of rotatable bonds is 5. The van der Waals surface area contributed by atoms with Crippen LogP contribution in [0.4, 0.5) is 10.1 Å². The monoisotopic (exact) mass is 391 g/mol. The van der Waals surface area contributed by atoms with Gasteiger partial charge in [0.05, 0.1) is 12.1 Å². The summed E-state index contributed by atoms with van der Waals surface area (Å²) in [6, 6.07) is 15.6. The van der Waals surface area contributed by atoms with Gasteiger partial charge in [0.1, 0.15) is 11.9 Å². The molecule has 3 aromatic rings. The number of aryl methyl sites for hydroxylation is 1. The summed E-state index contributed by atoms with van der Waals surface area (Å²) in [5, 5.41) is 0. The molecular weight excluding hydrogens is 369 g/mol. The van der Waals surface area contributed by atoms with Crippen molar-refractivity contribution in [3.05, 3.63) is 77.7 Å². The Kier molecular flexibility index (Phi) is 5.16. The number of benzene rings is 2. The van der Waals surface area contributed by atoms with Crippen LogP contribution in [0.3, 0.4) is 0 Å². The molecule has 1 aromatic heterocycles. The van der Waals surface area contributed by atoms with Gasteiger partial charge >= 0.3 is 0 Å². The lowest BCUT2D eigenvalue weighted by Gasteiger charge is -2.22. The maximum absolute atomic E-state index is 13.2. The lowest BCUT2D eigenvalue weighted by Crippen LogP contribution is -2.27. The number of pyridine rings is 1. The average Bonchev–Trinajstić information content (AvgIpc) is 3.18. The summed E-state index contributed by atoms with van der Waals surface area (Å²) in [6.07, 6.45) is 2.59. The van der Waals surface area contributed by atoms with Gasteiger partial charge in [-0.3, -0.25) is 4.79 Å². The zero-order valence-corrected chi connectivity index (χ0v) is 16.1. The van der Waals surface area contributed by atoms with E-state index in [9.17, 15) is 9.18 Å². The zero-order chi connectivity index (χ0) is 20.4. The molecule has 29 heavy (non-hydrogen) atoms. The van der Waals surface area contributed by atoms with E-state index in [2.05, 4.69) is 9.88 Å². The second-order valence-electron chi connectivity index (χ2n) is 7.25. The molecule has 2 aromatic carbocycles. The summed E-state index contributed by atoms with van der Waals surface area (Å²) in [5.41, 5.74) is 9.61. The summed E-state index contributed by atoms with van der Waals surface area (Å²) in [5.74, 6) is -0.190. The maximum atomic E-state index is 13.2. The standard InChI is InChI=1S/C23H22FN3O2/c1-15-2-9-22(26-13-15)29-19-10-11-27(14-19)21-8-5-17(12-20(21)23(25)28)16-3-6-18(24)7-4-16/h2-9,12-13,19H,10-11,14H2,1H3,(H2,25,28)/t19-/m0/s1. The molecule has 0 radical (unpaired) electrons. The molecule has 2 heterocycles. The fraction of sp³-hybridized carbons (Fsp3) is 0.217. The molecule has 148 valence electrons. The molecule has 5 nitrogen and oxygen atoms in total. The van der Waals surface area contributed by atoms with Gasteiger partial charge in [0.15, 0.2) is 0 Å². The SMILES string of the molecule is Cc1ccc(O[C@H]2CCN(c3ccc(-c4ccc(F)cc4)cc3C(N)=O)C2)nc1. The predicted molar refractivity (Wildman–Crippen MR) is 111 cm³/mol. The van der Waals surface area contributed by atoms with Crippen LogP contribution in [-0.4, -0.2) is 30.1 Å². The Labute approximate surface area is 168 Å². The van der Waals surface area contributed by atoms with Crippen LogP contribution in [0.15, 0.2) is 60.8 Å². The number of halogens is 1. The number of hydrogen-bond donors (Lipinski definition) is 1. The van der Waals surface area contributed by atoms with E-state index in [-0.39, 0.29) is 11.9 Å². The van der Waals surface area contributed by atoms with E-state index >= 15 is 0 Å². The van der Waals surface area contributed by atoms with Crippen molar-refractivity contribution >= 4 is 11.6 Å². The molecule has 1 fully saturated rings. The summed E-state index contributed by atoms with van der Waals surface area (Å²) < 4.78 is 19.2. The molecule has 4 rings (SSSR count). The number of anilines is 1. The molecule has 1 saturated heterocycles. The molecule has 0 aliphatic carbocycles. The van der Waals surface area contributed by atoms with Gasteiger partial charge in [-0.05, 0) is 47.9 Å². The molecule has 2 N–H and O–H groups in total. The summed E-state index contributed by atoms with van der Waals surface area (Å²) in [7, 11) is 0. The topological polar surface area (TPSA) is 68.5 Å². The van der Waals surface area contributed by atoms with Crippen molar-refractivity contribution in [2.24, 2.45) is 5.73 Å². The minimum atomic E-state index is -0.492. The van der Waals surface area contributed by atoms with Gasteiger partial charge in [-0.25, -0.2) is 9.37 Å². The van der Waals surface area contributed by atoms with Crippen molar-refractivity contribution in [1.29, 1.82) is 0 Å². The van der Waals surface area contributed by atoms with Gasteiger partial charge < -0.3 is 15.4 Å². The second kappa shape index (κ2) is 7.91. The number of ether oxygens (including phenoxy) is 1. The van der Waals surface area contributed by atoms with Crippen LogP contribution in [0.5, 0.6) is 5.88 Å². The Morgan fingerprint density at radius 2 is 1.90 bits per heavy atom. The molecular formula is C23H22FN3O2. The Hall–Kier alpha value is -3.41. The van der Waals surface area contributed by atoms with E-state index in [1.165, 1.54) is 12.1 Å². The fourth-order valence-electron chi connectivity index (χ4n) is 3.57. The highest BCUT2D eigenvalue weighted by atomic mass is 19.1. The summed E-state index contributed by atoms with van der Waals surface area (Å²) >= 11 is 0. The average molecular weight is 391 g/mol. The minimum Gasteiger partial charge on any atom is -0.472 e. The Morgan fingerprint density at radius 3 is 2.59 bits per heavy atom. The predicted octanol–water partition coefficient (Wildman–Crippen LogP) is 3.95. The van der Waals surface area contributed by atoms with Crippen molar-refractivity contribution in [1.82, 2.24) is 4.98 Å². The van der Waals surface area contributed by atoms with Gasteiger partial charge in [-0.1, -0.05) is 24.3 Å². The van der Waals surface area contributed by atoms with Crippen LogP contribution in [0.1, 0.15) is 22.3 Å². The highest BCUT2D eigenvalue weighted by Crippen LogP contribution is 2.30. The largest absolute Gasteiger partial charge is 0.472 e. The molecule has 0 bridgehead atoms. The number of carbonyl (C=O) groups is 1. The number of nitrogens with zero attached hydrogens (tertiary/aromatic N) is 2. The third-order valence-corrected chi connectivity index (χ3v) is 5.10. The second-order valence-corrected chi connectivity index (χ2v) is 7.25. The summed E-state index contributed by atoms with van der Waals surface area (Å²) in [6.45, 7) is 3.38. The highest BCUT2D eigenvalue weighted by Gasteiger charge is 2.27. The fourth-order valence-corrected chi connectivity index (χ4v) is 3.57. The van der Waals surface area contributed by atoms with Crippen molar-refractivity contribution in [3.63, 3.8) is 0 Å². The number of carbonyl (C=O) groups excluding carboxylic acids is 1. The van der Waals surface area contributed by atoms with Gasteiger partial charge in [0, 0.05) is 30.9 Å². The highest BCUT2D eigenvalue weighted by molar-refractivity contribution is 6.00. The minimum absolute atomic E-state index is 0.0114. The first kappa shape index (κ1) is 18.9. The summed E-state index contributed by atoms with van der Waals surface area (Å²) in [4.78, 5) is 18.5. The number of hydrogen-bond acceptors (Lipinski definition) is 4. The molecule has 1 amide bonds. The lowest BCUT2D eigenvalue weighted by molar-refractivity contribution is 0.100. The van der Waals surface area contributed by atoms with Gasteiger partial charge in [0.2, 0.25) is 5.88 Å². The van der Waals surface area contributed by atoms with E-state index in [0.717, 1.165) is 35.3 Å².